The van der Waals surface area contributed by atoms with E-state index < -0.39 is 6.04 Å². The molecule has 0 saturated carbocycles. The lowest BCUT2D eigenvalue weighted by molar-refractivity contribution is -0.118. The zero-order valence-electron chi connectivity index (χ0n) is 8.83. The summed E-state index contributed by atoms with van der Waals surface area (Å²) in [7, 11) is 0. The van der Waals surface area contributed by atoms with E-state index >= 15 is 0 Å². The third-order valence-corrected chi connectivity index (χ3v) is 2.85. The number of benzene rings is 1. The molecule has 1 aromatic carbocycles. The summed E-state index contributed by atoms with van der Waals surface area (Å²) >= 11 is 2.22. The van der Waals surface area contributed by atoms with Crippen molar-refractivity contribution in [2.75, 3.05) is 5.32 Å². The summed E-state index contributed by atoms with van der Waals surface area (Å²) in [6, 6.07) is 7.16. The molecule has 3 N–H and O–H groups in total. The second-order valence-electron chi connectivity index (χ2n) is 3.77. The van der Waals surface area contributed by atoms with Crippen LogP contribution in [0.25, 0.3) is 0 Å². The second kappa shape index (κ2) is 5.46. The van der Waals surface area contributed by atoms with E-state index in [2.05, 4.69) is 27.9 Å². The fourth-order valence-corrected chi connectivity index (χ4v) is 1.42. The van der Waals surface area contributed by atoms with E-state index in [-0.39, 0.29) is 11.8 Å². The lowest BCUT2D eigenvalue weighted by atomic mass is 10.1. The standard InChI is InChI=1S/C11H15IN2O/c1-7(2)10(13)11(15)14-9-5-3-8(12)4-6-9/h3-7,10H,13H2,1-2H3,(H,14,15)/t10-/m0/s1. The van der Waals surface area contributed by atoms with Crippen molar-refractivity contribution < 1.29 is 4.79 Å². The zero-order chi connectivity index (χ0) is 11.4. The third kappa shape index (κ3) is 3.79. The monoisotopic (exact) mass is 318 g/mol. The molecule has 0 spiro atoms. The maximum Gasteiger partial charge on any atom is 0.241 e. The number of hydrogen-bond donors (Lipinski definition) is 2. The average Bonchev–Trinajstić information content (AvgIpc) is 2.20. The van der Waals surface area contributed by atoms with Gasteiger partial charge >= 0.3 is 0 Å². The number of anilines is 1. The highest BCUT2D eigenvalue weighted by atomic mass is 127. The first-order chi connectivity index (χ1) is 7.00. The number of carbonyl (C=O) groups excluding carboxylic acids is 1. The van der Waals surface area contributed by atoms with Crippen LogP contribution >= 0.6 is 22.6 Å². The Morgan fingerprint density at radius 3 is 2.33 bits per heavy atom. The van der Waals surface area contributed by atoms with E-state index in [1.165, 1.54) is 0 Å². The van der Waals surface area contributed by atoms with Gasteiger partial charge in [0.15, 0.2) is 0 Å². The Balaban J connectivity index is 2.62. The Hall–Kier alpha value is -0.620. The van der Waals surface area contributed by atoms with E-state index in [9.17, 15) is 4.79 Å². The maximum atomic E-state index is 11.6. The summed E-state index contributed by atoms with van der Waals surface area (Å²) in [5, 5.41) is 2.78. The highest BCUT2D eigenvalue weighted by molar-refractivity contribution is 14.1. The number of nitrogens with two attached hydrogens (primary N) is 1. The largest absolute Gasteiger partial charge is 0.325 e. The van der Waals surface area contributed by atoms with Crippen molar-refractivity contribution in [2.45, 2.75) is 19.9 Å². The SMILES string of the molecule is CC(C)[C@H](N)C(=O)Nc1ccc(I)cc1. The van der Waals surface area contributed by atoms with Crippen LogP contribution in [0.5, 0.6) is 0 Å². The molecule has 0 aromatic heterocycles. The first-order valence-electron chi connectivity index (χ1n) is 4.82. The summed E-state index contributed by atoms with van der Waals surface area (Å²) < 4.78 is 1.14. The van der Waals surface area contributed by atoms with Gasteiger partial charge in [-0.1, -0.05) is 13.8 Å². The topological polar surface area (TPSA) is 55.1 Å². The molecule has 82 valence electrons. The van der Waals surface area contributed by atoms with Crippen LogP contribution in [0.15, 0.2) is 24.3 Å². The first-order valence-corrected chi connectivity index (χ1v) is 5.90. The van der Waals surface area contributed by atoms with Crippen LogP contribution in [-0.4, -0.2) is 11.9 Å². The highest BCUT2D eigenvalue weighted by Crippen LogP contribution is 2.12. The fraction of sp³-hybridized carbons (Fsp3) is 0.364. The molecule has 0 radical (unpaired) electrons. The molecule has 15 heavy (non-hydrogen) atoms. The van der Waals surface area contributed by atoms with Crippen molar-refractivity contribution in [1.29, 1.82) is 0 Å². The molecule has 1 aromatic rings. The molecule has 0 aliphatic heterocycles. The van der Waals surface area contributed by atoms with Gasteiger partial charge in [-0.3, -0.25) is 4.79 Å². The predicted molar refractivity (Wildman–Crippen MR) is 70.6 cm³/mol. The molecule has 1 amide bonds. The molecule has 1 rings (SSSR count). The summed E-state index contributed by atoms with van der Waals surface area (Å²) in [4.78, 5) is 11.6. The number of hydrogen-bond acceptors (Lipinski definition) is 2. The van der Waals surface area contributed by atoms with Crippen LogP contribution < -0.4 is 11.1 Å². The van der Waals surface area contributed by atoms with Gasteiger partial charge in [-0.25, -0.2) is 0 Å². The predicted octanol–water partition coefficient (Wildman–Crippen LogP) is 2.21. The summed E-state index contributed by atoms with van der Waals surface area (Å²) in [5.41, 5.74) is 6.51. The van der Waals surface area contributed by atoms with Crippen molar-refractivity contribution in [3.63, 3.8) is 0 Å². The minimum Gasteiger partial charge on any atom is -0.325 e. The molecule has 0 bridgehead atoms. The molecule has 0 unspecified atom stereocenters. The molecule has 0 aliphatic rings. The van der Waals surface area contributed by atoms with Gasteiger partial charge in [0.25, 0.3) is 0 Å². The van der Waals surface area contributed by atoms with Gasteiger partial charge in [0.2, 0.25) is 5.91 Å². The third-order valence-electron chi connectivity index (χ3n) is 2.13. The number of nitrogens with one attached hydrogen (secondary N) is 1. The molecule has 0 aliphatic carbocycles. The summed E-state index contributed by atoms with van der Waals surface area (Å²) in [6.07, 6.45) is 0. The molecular weight excluding hydrogens is 303 g/mol. The molecule has 3 nitrogen and oxygen atoms in total. The average molecular weight is 318 g/mol. The summed E-state index contributed by atoms with van der Waals surface area (Å²) in [6.45, 7) is 3.86. The Kier molecular flexibility index (Phi) is 4.53. The van der Waals surface area contributed by atoms with Crippen molar-refractivity contribution in [3.8, 4) is 0 Å². The maximum absolute atomic E-state index is 11.6. The number of carbonyl (C=O) groups is 1. The van der Waals surface area contributed by atoms with E-state index in [1.807, 2.05) is 38.1 Å². The van der Waals surface area contributed by atoms with Gasteiger partial charge in [0.1, 0.15) is 0 Å². The fourth-order valence-electron chi connectivity index (χ4n) is 1.06. The van der Waals surface area contributed by atoms with Gasteiger partial charge in [0, 0.05) is 9.26 Å². The van der Waals surface area contributed by atoms with Crippen LogP contribution in [0.2, 0.25) is 0 Å². The van der Waals surface area contributed by atoms with Gasteiger partial charge in [0.05, 0.1) is 6.04 Å². The Morgan fingerprint density at radius 2 is 1.87 bits per heavy atom. The van der Waals surface area contributed by atoms with Gasteiger partial charge in [-0.05, 0) is 52.8 Å². The van der Waals surface area contributed by atoms with Gasteiger partial charge < -0.3 is 11.1 Å². The van der Waals surface area contributed by atoms with Gasteiger partial charge in [-0.2, -0.15) is 0 Å². The van der Waals surface area contributed by atoms with Crippen LogP contribution in [0.1, 0.15) is 13.8 Å². The quantitative estimate of drug-likeness (QED) is 0.840. The number of rotatable bonds is 3. The van der Waals surface area contributed by atoms with Crippen molar-refractivity contribution >= 4 is 34.2 Å². The van der Waals surface area contributed by atoms with Crippen molar-refractivity contribution in [1.82, 2.24) is 0 Å². The normalized spacial score (nSPS) is 12.6. The minimum absolute atomic E-state index is 0.133. The Labute approximate surface area is 104 Å². The van der Waals surface area contributed by atoms with Crippen LogP contribution in [-0.2, 0) is 4.79 Å². The number of halogens is 1. The van der Waals surface area contributed by atoms with Crippen LogP contribution in [0, 0.1) is 9.49 Å². The molecule has 0 saturated heterocycles. The first kappa shape index (κ1) is 12.4. The zero-order valence-corrected chi connectivity index (χ0v) is 11.0. The smallest absolute Gasteiger partial charge is 0.241 e. The summed E-state index contributed by atoms with van der Waals surface area (Å²) in [5.74, 6) is 0.0139. The molecule has 0 heterocycles. The Morgan fingerprint density at radius 1 is 1.33 bits per heavy atom. The van der Waals surface area contributed by atoms with Crippen molar-refractivity contribution in [3.05, 3.63) is 27.8 Å². The molecule has 1 atom stereocenters. The van der Waals surface area contributed by atoms with Gasteiger partial charge in [-0.15, -0.1) is 0 Å². The minimum atomic E-state index is -0.454. The lowest BCUT2D eigenvalue weighted by Gasteiger charge is -2.15. The van der Waals surface area contributed by atoms with Crippen LogP contribution in [0.4, 0.5) is 5.69 Å². The highest BCUT2D eigenvalue weighted by Gasteiger charge is 2.16. The second-order valence-corrected chi connectivity index (χ2v) is 5.01. The molecule has 0 fully saturated rings. The lowest BCUT2D eigenvalue weighted by Crippen LogP contribution is -2.39. The van der Waals surface area contributed by atoms with Crippen molar-refractivity contribution in [2.24, 2.45) is 11.7 Å². The van der Waals surface area contributed by atoms with E-state index in [1.54, 1.807) is 0 Å². The molecular formula is C11H15IN2O. The van der Waals surface area contributed by atoms with E-state index in [0.29, 0.717) is 0 Å². The van der Waals surface area contributed by atoms with Crippen LogP contribution in [0.3, 0.4) is 0 Å². The van der Waals surface area contributed by atoms with E-state index in [4.69, 9.17) is 5.73 Å². The molecule has 4 heteroatoms. The Bertz CT molecular complexity index is 335. The van der Waals surface area contributed by atoms with E-state index in [0.717, 1.165) is 9.26 Å². The number of amides is 1.